The van der Waals surface area contributed by atoms with Crippen LogP contribution in [0.15, 0.2) is 0 Å². The Labute approximate surface area is 84.8 Å². The number of rotatable bonds is 5. The van der Waals surface area contributed by atoms with E-state index in [-0.39, 0.29) is 5.75 Å². The molecule has 1 heterocycles. The summed E-state index contributed by atoms with van der Waals surface area (Å²) in [4.78, 5) is 2.24. The summed E-state index contributed by atoms with van der Waals surface area (Å²) in [6.07, 6.45) is 1.33. The van der Waals surface area contributed by atoms with Crippen LogP contribution in [0.25, 0.3) is 0 Å². The van der Waals surface area contributed by atoms with Crippen LogP contribution in [0, 0.1) is 0 Å². The van der Waals surface area contributed by atoms with Crippen LogP contribution in [0.2, 0.25) is 0 Å². The molecule has 84 valence electrons. The standard InChI is InChI=1S/C8H17NO4S/c10-14(11,12)8-2-1-3-9-4-6-13-7-5-9/h1-8H2,(H,10,11,12). The van der Waals surface area contributed by atoms with Crippen molar-refractivity contribution in [1.82, 2.24) is 4.90 Å². The highest BCUT2D eigenvalue weighted by molar-refractivity contribution is 7.85. The van der Waals surface area contributed by atoms with E-state index in [0.717, 1.165) is 39.3 Å². The van der Waals surface area contributed by atoms with Gasteiger partial charge in [0.25, 0.3) is 10.1 Å². The summed E-state index contributed by atoms with van der Waals surface area (Å²) in [7, 11) is -3.77. The second-order valence-electron chi connectivity index (χ2n) is 3.45. The van der Waals surface area contributed by atoms with Crippen LogP contribution in [-0.2, 0) is 14.9 Å². The summed E-state index contributed by atoms with van der Waals surface area (Å²) in [5, 5.41) is 0. The fraction of sp³-hybridized carbons (Fsp3) is 1.00. The van der Waals surface area contributed by atoms with Crippen molar-refractivity contribution in [2.75, 3.05) is 38.6 Å². The molecule has 1 rings (SSSR count). The molecule has 1 fully saturated rings. The first-order chi connectivity index (χ1) is 6.58. The topological polar surface area (TPSA) is 66.8 Å². The molecule has 0 atom stereocenters. The van der Waals surface area contributed by atoms with Gasteiger partial charge in [-0.05, 0) is 19.4 Å². The van der Waals surface area contributed by atoms with Gasteiger partial charge in [-0.25, -0.2) is 0 Å². The van der Waals surface area contributed by atoms with Gasteiger partial charge in [0.05, 0.1) is 19.0 Å². The second-order valence-corrected chi connectivity index (χ2v) is 5.02. The van der Waals surface area contributed by atoms with Crippen molar-refractivity contribution in [3.8, 4) is 0 Å². The van der Waals surface area contributed by atoms with E-state index in [1.54, 1.807) is 0 Å². The van der Waals surface area contributed by atoms with Crippen molar-refractivity contribution in [1.29, 1.82) is 0 Å². The van der Waals surface area contributed by atoms with E-state index in [0.29, 0.717) is 6.42 Å². The monoisotopic (exact) mass is 223 g/mol. The Kier molecular flexibility index (Phi) is 4.80. The van der Waals surface area contributed by atoms with E-state index in [1.807, 2.05) is 0 Å². The first-order valence-electron chi connectivity index (χ1n) is 4.83. The summed E-state index contributed by atoms with van der Waals surface area (Å²) < 4.78 is 34.5. The zero-order valence-electron chi connectivity index (χ0n) is 8.18. The SMILES string of the molecule is O=S(=O)(O)CCCCN1CCOCC1. The fourth-order valence-electron chi connectivity index (χ4n) is 1.44. The van der Waals surface area contributed by atoms with E-state index in [4.69, 9.17) is 9.29 Å². The predicted molar refractivity (Wildman–Crippen MR) is 52.9 cm³/mol. The molecule has 0 unspecified atom stereocenters. The molecule has 0 aromatic rings. The van der Waals surface area contributed by atoms with E-state index in [1.165, 1.54) is 0 Å². The van der Waals surface area contributed by atoms with Crippen LogP contribution in [0.5, 0.6) is 0 Å². The minimum absolute atomic E-state index is 0.128. The summed E-state index contributed by atoms with van der Waals surface area (Å²) in [5.41, 5.74) is 0. The second kappa shape index (κ2) is 5.65. The van der Waals surface area contributed by atoms with Crippen molar-refractivity contribution in [3.05, 3.63) is 0 Å². The lowest BCUT2D eigenvalue weighted by atomic mass is 10.3. The summed E-state index contributed by atoms with van der Waals surface area (Å²) in [5.74, 6) is -0.128. The summed E-state index contributed by atoms with van der Waals surface area (Å²) >= 11 is 0. The van der Waals surface area contributed by atoms with Gasteiger partial charge in [-0.3, -0.25) is 9.45 Å². The zero-order chi connectivity index (χ0) is 10.4. The molecule has 0 aromatic carbocycles. The van der Waals surface area contributed by atoms with Crippen molar-refractivity contribution >= 4 is 10.1 Å². The van der Waals surface area contributed by atoms with Crippen molar-refractivity contribution in [2.24, 2.45) is 0 Å². The number of hydrogen-bond donors (Lipinski definition) is 1. The lowest BCUT2D eigenvalue weighted by Crippen LogP contribution is -2.36. The van der Waals surface area contributed by atoms with Gasteiger partial charge in [0, 0.05) is 13.1 Å². The van der Waals surface area contributed by atoms with Crippen LogP contribution in [0.4, 0.5) is 0 Å². The molecule has 0 aromatic heterocycles. The third-order valence-electron chi connectivity index (χ3n) is 2.23. The van der Waals surface area contributed by atoms with Crippen molar-refractivity contribution in [3.63, 3.8) is 0 Å². The Morgan fingerprint density at radius 3 is 2.43 bits per heavy atom. The maximum absolute atomic E-state index is 10.4. The number of nitrogens with zero attached hydrogens (tertiary/aromatic N) is 1. The minimum Gasteiger partial charge on any atom is -0.379 e. The van der Waals surface area contributed by atoms with Crippen LogP contribution in [0.3, 0.4) is 0 Å². The van der Waals surface area contributed by atoms with Crippen molar-refractivity contribution < 1.29 is 17.7 Å². The molecule has 0 bridgehead atoms. The normalized spacial score (nSPS) is 19.8. The number of ether oxygens (including phenoxy) is 1. The van der Waals surface area contributed by atoms with E-state index < -0.39 is 10.1 Å². The molecule has 1 N–H and O–H groups in total. The highest BCUT2D eigenvalue weighted by Gasteiger charge is 2.10. The molecule has 0 saturated carbocycles. The van der Waals surface area contributed by atoms with E-state index >= 15 is 0 Å². The molecule has 14 heavy (non-hydrogen) atoms. The Balaban J connectivity index is 2.03. The predicted octanol–water partition coefficient (Wildman–Crippen LogP) is -0.0134. The van der Waals surface area contributed by atoms with Crippen LogP contribution in [0.1, 0.15) is 12.8 Å². The van der Waals surface area contributed by atoms with Crippen LogP contribution >= 0.6 is 0 Å². The maximum Gasteiger partial charge on any atom is 0.264 e. The number of hydrogen-bond acceptors (Lipinski definition) is 4. The number of unbranched alkanes of at least 4 members (excludes halogenated alkanes) is 1. The lowest BCUT2D eigenvalue weighted by Gasteiger charge is -2.26. The van der Waals surface area contributed by atoms with Gasteiger partial charge in [-0.1, -0.05) is 0 Å². The number of morpholine rings is 1. The molecule has 0 radical (unpaired) electrons. The lowest BCUT2D eigenvalue weighted by molar-refractivity contribution is 0.0373. The Morgan fingerprint density at radius 2 is 1.86 bits per heavy atom. The molecule has 0 spiro atoms. The first-order valence-corrected chi connectivity index (χ1v) is 6.44. The highest BCUT2D eigenvalue weighted by Crippen LogP contribution is 2.01. The average Bonchev–Trinajstić information content (AvgIpc) is 2.13. The minimum atomic E-state index is -3.77. The molecular weight excluding hydrogens is 206 g/mol. The Morgan fingerprint density at radius 1 is 1.21 bits per heavy atom. The van der Waals surface area contributed by atoms with Gasteiger partial charge < -0.3 is 4.74 Å². The molecular formula is C8H17NO4S. The van der Waals surface area contributed by atoms with Gasteiger partial charge in [0.1, 0.15) is 0 Å². The molecule has 0 amide bonds. The highest BCUT2D eigenvalue weighted by atomic mass is 32.2. The van der Waals surface area contributed by atoms with Gasteiger partial charge in [-0.2, -0.15) is 8.42 Å². The van der Waals surface area contributed by atoms with E-state index in [2.05, 4.69) is 4.90 Å². The summed E-state index contributed by atoms with van der Waals surface area (Å²) in [6, 6.07) is 0. The molecule has 5 nitrogen and oxygen atoms in total. The van der Waals surface area contributed by atoms with Crippen molar-refractivity contribution in [2.45, 2.75) is 12.8 Å². The molecule has 6 heteroatoms. The third-order valence-corrected chi connectivity index (χ3v) is 3.03. The molecule has 1 aliphatic heterocycles. The first kappa shape index (κ1) is 11.9. The maximum atomic E-state index is 10.4. The van der Waals surface area contributed by atoms with Gasteiger partial charge in [0.15, 0.2) is 0 Å². The largest absolute Gasteiger partial charge is 0.379 e. The molecule has 1 saturated heterocycles. The quantitative estimate of drug-likeness (QED) is 0.524. The Bertz CT molecular complexity index is 246. The average molecular weight is 223 g/mol. The third kappa shape index (κ3) is 5.54. The zero-order valence-corrected chi connectivity index (χ0v) is 9.00. The van der Waals surface area contributed by atoms with Crippen LogP contribution in [-0.4, -0.2) is 56.5 Å². The van der Waals surface area contributed by atoms with Crippen LogP contribution < -0.4 is 0 Å². The smallest absolute Gasteiger partial charge is 0.264 e. The van der Waals surface area contributed by atoms with Gasteiger partial charge in [0.2, 0.25) is 0 Å². The fourth-order valence-corrected chi connectivity index (χ4v) is 2.01. The molecule has 0 aliphatic carbocycles. The Hall–Kier alpha value is -0.170. The van der Waals surface area contributed by atoms with E-state index in [9.17, 15) is 8.42 Å². The summed E-state index contributed by atoms with van der Waals surface area (Å²) in [6.45, 7) is 4.26. The van der Waals surface area contributed by atoms with Gasteiger partial charge >= 0.3 is 0 Å². The van der Waals surface area contributed by atoms with Gasteiger partial charge in [-0.15, -0.1) is 0 Å². The molecule has 1 aliphatic rings.